The van der Waals surface area contributed by atoms with Crippen molar-refractivity contribution in [2.24, 2.45) is 0 Å². The number of hydrogen-bond acceptors (Lipinski definition) is 1. The molecule has 0 atom stereocenters. The third kappa shape index (κ3) is 2.89. The van der Waals surface area contributed by atoms with Gasteiger partial charge in [-0.25, -0.2) is 0 Å². The van der Waals surface area contributed by atoms with Gasteiger partial charge in [-0.3, -0.25) is 0 Å². The zero-order valence-corrected chi connectivity index (χ0v) is 6.78. The van der Waals surface area contributed by atoms with E-state index in [1.54, 1.807) is 0 Å². The fourth-order valence-corrected chi connectivity index (χ4v) is 0.727. The molecule has 10 heavy (non-hydrogen) atoms. The van der Waals surface area contributed by atoms with Crippen LogP contribution in [0.15, 0.2) is 0 Å². The Kier molecular flexibility index (Phi) is 4.14. The van der Waals surface area contributed by atoms with Crippen LogP contribution in [0.3, 0.4) is 0 Å². The second kappa shape index (κ2) is 4.35. The van der Waals surface area contributed by atoms with E-state index in [-0.39, 0.29) is 0 Å². The Morgan fingerprint density at radius 3 is 2.20 bits per heavy atom. The molecule has 0 heterocycles. The van der Waals surface area contributed by atoms with E-state index in [1.165, 1.54) is 0 Å². The molecule has 0 fully saturated rings. The van der Waals surface area contributed by atoms with Crippen molar-refractivity contribution in [3.05, 3.63) is 6.92 Å². The van der Waals surface area contributed by atoms with Crippen LogP contribution in [0.2, 0.25) is 0 Å². The molecule has 0 aliphatic carbocycles. The van der Waals surface area contributed by atoms with Gasteiger partial charge in [-0.15, -0.1) is 11.8 Å². The van der Waals surface area contributed by atoms with E-state index in [0.717, 1.165) is 12.8 Å². The lowest BCUT2D eigenvalue weighted by molar-refractivity contribution is 0.0375. The molecule has 0 unspecified atom stereocenters. The highest BCUT2D eigenvalue weighted by Gasteiger charge is 2.19. The minimum absolute atomic E-state index is 0.545. The molecular weight excluding hydrogens is 124 g/mol. The summed E-state index contributed by atoms with van der Waals surface area (Å²) in [4.78, 5) is 0. The molecule has 0 rings (SSSR count). The summed E-state index contributed by atoms with van der Waals surface area (Å²) in [6.45, 7) is 7.32. The van der Waals surface area contributed by atoms with Crippen molar-refractivity contribution in [3.63, 3.8) is 0 Å². The quantitative estimate of drug-likeness (QED) is 0.591. The van der Waals surface area contributed by atoms with E-state index in [4.69, 9.17) is 0 Å². The molecule has 57 valence electrons. The van der Waals surface area contributed by atoms with Crippen LogP contribution < -0.4 is 0 Å². The SMILES string of the molecule is [CH2]C#CCC(O)(CC)CC. The highest BCUT2D eigenvalue weighted by molar-refractivity contribution is 5.05. The van der Waals surface area contributed by atoms with Crippen molar-refractivity contribution in [2.45, 2.75) is 38.7 Å². The van der Waals surface area contributed by atoms with E-state index in [2.05, 4.69) is 18.8 Å². The maximum absolute atomic E-state index is 9.63. The molecule has 1 N–H and O–H groups in total. The molecular formula is C9H15O. The van der Waals surface area contributed by atoms with Gasteiger partial charge in [0.2, 0.25) is 0 Å². The Bertz CT molecular complexity index is 135. The molecule has 0 aliphatic rings. The topological polar surface area (TPSA) is 20.2 Å². The van der Waals surface area contributed by atoms with Crippen LogP contribution in [0, 0.1) is 18.8 Å². The zero-order chi connectivity index (χ0) is 8.04. The third-order valence-corrected chi connectivity index (χ3v) is 1.86. The van der Waals surface area contributed by atoms with E-state index < -0.39 is 5.60 Å². The first-order valence-electron chi connectivity index (χ1n) is 3.66. The van der Waals surface area contributed by atoms with Gasteiger partial charge in [0.25, 0.3) is 0 Å². The second-order valence-electron chi connectivity index (χ2n) is 2.46. The van der Waals surface area contributed by atoms with Gasteiger partial charge in [0.15, 0.2) is 0 Å². The highest BCUT2D eigenvalue weighted by atomic mass is 16.3. The Hall–Kier alpha value is -0.480. The summed E-state index contributed by atoms with van der Waals surface area (Å²) in [5, 5.41) is 9.63. The van der Waals surface area contributed by atoms with Crippen molar-refractivity contribution in [3.8, 4) is 11.8 Å². The van der Waals surface area contributed by atoms with Crippen molar-refractivity contribution in [1.82, 2.24) is 0 Å². The van der Waals surface area contributed by atoms with Gasteiger partial charge in [-0.2, -0.15) is 0 Å². The Morgan fingerprint density at radius 1 is 1.40 bits per heavy atom. The van der Waals surface area contributed by atoms with Gasteiger partial charge in [0, 0.05) is 13.3 Å². The first-order chi connectivity index (χ1) is 4.68. The standard InChI is InChI=1S/C9H15O/c1-4-7-8-9(10,5-2)6-3/h10H,1,5-6,8H2,2-3H3. The molecule has 0 aromatic rings. The monoisotopic (exact) mass is 139 g/mol. The van der Waals surface area contributed by atoms with Crippen LogP contribution in [-0.4, -0.2) is 10.7 Å². The van der Waals surface area contributed by atoms with Gasteiger partial charge in [0.1, 0.15) is 0 Å². The van der Waals surface area contributed by atoms with Crippen molar-refractivity contribution in [2.75, 3.05) is 0 Å². The predicted octanol–water partition coefficient (Wildman–Crippen LogP) is 1.77. The van der Waals surface area contributed by atoms with Crippen LogP contribution in [0.4, 0.5) is 0 Å². The summed E-state index contributed by atoms with van der Waals surface area (Å²) in [6, 6.07) is 0. The average Bonchev–Trinajstić information content (AvgIpc) is 2.00. The molecule has 0 bridgehead atoms. The third-order valence-electron chi connectivity index (χ3n) is 1.86. The summed E-state index contributed by atoms with van der Waals surface area (Å²) in [5.74, 6) is 5.31. The minimum Gasteiger partial charge on any atom is -0.389 e. The molecule has 0 saturated heterocycles. The van der Waals surface area contributed by atoms with Crippen LogP contribution >= 0.6 is 0 Å². The first-order valence-corrected chi connectivity index (χ1v) is 3.66. The molecule has 1 radical (unpaired) electrons. The molecule has 0 saturated carbocycles. The van der Waals surface area contributed by atoms with Gasteiger partial charge < -0.3 is 5.11 Å². The van der Waals surface area contributed by atoms with Crippen LogP contribution in [0.25, 0.3) is 0 Å². The summed E-state index contributed by atoms with van der Waals surface area (Å²) in [5.41, 5.74) is -0.579. The molecule has 1 heteroatoms. The molecule has 1 nitrogen and oxygen atoms in total. The van der Waals surface area contributed by atoms with Gasteiger partial charge in [-0.05, 0) is 12.8 Å². The lowest BCUT2D eigenvalue weighted by atomic mass is 9.94. The van der Waals surface area contributed by atoms with E-state index in [1.807, 2.05) is 13.8 Å². The lowest BCUT2D eigenvalue weighted by Crippen LogP contribution is -2.25. The van der Waals surface area contributed by atoms with E-state index in [0.29, 0.717) is 6.42 Å². The van der Waals surface area contributed by atoms with Crippen LogP contribution in [0.5, 0.6) is 0 Å². The summed E-state index contributed by atoms with van der Waals surface area (Å²) < 4.78 is 0. The molecule has 0 aliphatic heterocycles. The Balaban J connectivity index is 3.88. The van der Waals surface area contributed by atoms with Crippen LogP contribution in [-0.2, 0) is 0 Å². The maximum Gasteiger partial charge on any atom is 0.0751 e. The molecule has 0 aromatic heterocycles. The number of rotatable bonds is 3. The zero-order valence-electron chi connectivity index (χ0n) is 6.78. The first kappa shape index (κ1) is 9.52. The predicted molar refractivity (Wildman–Crippen MR) is 43.3 cm³/mol. The summed E-state index contributed by atoms with van der Waals surface area (Å²) in [6.07, 6.45) is 2.07. The maximum atomic E-state index is 9.63. The summed E-state index contributed by atoms with van der Waals surface area (Å²) >= 11 is 0. The fourth-order valence-electron chi connectivity index (χ4n) is 0.727. The van der Waals surface area contributed by atoms with Crippen molar-refractivity contribution < 1.29 is 5.11 Å². The summed E-state index contributed by atoms with van der Waals surface area (Å²) in [7, 11) is 0. The van der Waals surface area contributed by atoms with E-state index >= 15 is 0 Å². The van der Waals surface area contributed by atoms with Gasteiger partial charge >= 0.3 is 0 Å². The number of hydrogen-bond donors (Lipinski definition) is 1. The highest BCUT2D eigenvalue weighted by Crippen LogP contribution is 2.17. The van der Waals surface area contributed by atoms with E-state index in [9.17, 15) is 5.11 Å². The molecule has 0 amide bonds. The normalized spacial score (nSPS) is 10.4. The number of aliphatic hydroxyl groups is 1. The Labute approximate surface area is 63.5 Å². The van der Waals surface area contributed by atoms with Gasteiger partial charge in [0.05, 0.1) is 5.60 Å². The molecule has 0 aromatic carbocycles. The fraction of sp³-hybridized carbons (Fsp3) is 0.667. The van der Waals surface area contributed by atoms with Crippen molar-refractivity contribution >= 4 is 0 Å². The minimum atomic E-state index is -0.579. The Morgan fingerprint density at radius 2 is 1.90 bits per heavy atom. The van der Waals surface area contributed by atoms with Crippen molar-refractivity contribution in [1.29, 1.82) is 0 Å². The van der Waals surface area contributed by atoms with Crippen LogP contribution in [0.1, 0.15) is 33.1 Å². The second-order valence-corrected chi connectivity index (χ2v) is 2.46. The largest absolute Gasteiger partial charge is 0.389 e. The van der Waals surface area contributed by atoms with Gasteiger partial charge in [-0.1, -0.05) is 13.8 Å². The molecule has 0 spiro atoms. The average molecular weight is 139 g/mol. The lowest BCUT2D eigenvalue weighted by Gasteiger charge is -2.21. The smallest absolute Gasteiger partial charge is 0.0751 e.